The van der Waals surface area contributed by atoms with Gasteiger partial charge in [-0.05, 0) is 80.9 Å². The summed E-state index contributed by atoms with van der Waals surface area (Å²) in [5, 5.41) is 8.38. The lowest BCUT2D eigenvalue weighted by Crippen LogP contribution is -2.62. The second-order valence-corrected chi connectivity index (χ2v) is 7.64. The van der Waals surface area contributed by atoms with Gasteiger partial charge in [0.1, 0.15) is 11.4 Å². The van der Waals surface area contributed by atoms with Crippen LogP contribution in [0.2, 0.25) is 0 Å². The van der Waals surface area contributed by atoms with Crippen molar-refractivity contribution in [1.82, 2.24) is 15.7 Å². The highest BCUT2D eigenvalue weighted by molar-refractivity contribution is 5.98. The minimum atomic E-state index is 0.0219. The van der Waals surface area contributed by atoms with Crippen molar-refractivity contribution < 1.29 is 0 Å². The molecule has 5 aliphatic rings. The molecule has 4 heteroatoms. The number of aromatic nitrogens is 1. The third-order valence-electron chi connectivity index (χ3n) is 6.33. The Labute approximate surface area is 131 Å². The maximum Gasteiger partial charge on any atom is 0.173 e. The molecule has 0 radical (unpaired) electrons. The number of hydrazone groups is 1. The lowest BCUT2D eigenvalue weighted by atomic mass is 9.64. The fourth-order valence-electron chi connectivity index (χ4n) is 5.06. The molecule has 4 nitrogen and oxygen atoms in total. The average Bonchev–Trinajstić information content (AvgIpc) is 2.99. The second kappa shape index (κ2) is 4.71. The topological polar surface area (TPSA) is 49.3 Å². The van der Waals surface area contributed by atoms with Crippen LogP contribution < -0.4 is 10.7 Å². The van der Waals surface area contributed by atoms with E-state index in [2.05, 4.69) is 33.1 Å². The smallest absolute Gasteiger partial charge is 0.173 e. The molecule has 3 fully saturated rings. The Morgan fingerprint density at radius 3 is 2.64 bits per heavy atom. The van der Waals surface area contributed by atoms with Crippen molar-refractivity contribution in [3.63, 3.8) is 0 Å². The predicted octanol–water partition coefficient (Wildman–Crippen LogP) is 2.72. The summed E-state index contributed by atoms with van der Waals surface area (Å²) in [5.41, 5.74) is 7.43. The summed E-state index contributed by atoms with van der Waals surface area (Å²) in [6.07, 6.45) is 13.8. The van der Waals surface area contributed by atoms with Crippen LogP contribution in [0, 0.1) is 11.8 Å². The number of hydrogen-bond acceptors (Lipinski definition) is 4. The van der Waals surface area contributed by atoms with Gasteiger partial charge in [0.2, 0.25) is 0 Å². The molecule has 0 aromatic carbocycles. The Morgan fingerprint density at radius 2 is 1.86 bits per heavy atom. The predicted molar refractivity (Wildman–Crippen MR) is 86.5 cm³/mol. The molecule has 2 N–H and O–H groups in total. The quantitative estimate of drug-likeness (QED) is 0.838. The highest BCUT2D eigenvalue weighted by atomic mass is 15.5. The second-order valence-electron chi connectivity index (χ2n) is 7.64. The van der Waals surface area contributed by atoms with Crippen molar-refractivity contribution in [3.05, 3.63) is 29.1 Å². The summed E-state index contributed by atoms with van der Waals surface area (Å²) in [4.78, 5) is 4.68. The van der Waals surface area contributed by atoms with E-state index in [-0.39, 0.29) is 5.66 Å². The zero-order valence-corrected chi connectivity index (χ0v) is 13.1. The summed E-state index contributed by atoms with van der Waals surface area (Å²) in [5.74, 6) is 2.55. The number of rotatable bonds is 1. The van der Waals surface area contributed by atoms with Gasteiger partial charge >= 0.3 is 0 Å². The van der Waals surface area contributed by atoms with Gasteiger partial charge in [-0.2, -0.15) is 5.10 Å². The van der Waals surface area contributed by atoms with Gasteiger partial charge in [-0.25, -0.2) is 0 Å². The SMILES string of the molecule is c1nc(C2=NN[C@@]3(CC4CCC3CC4)N2)cc2c1CCCC2. The van der Waals surface area contributed by atoms with Gasteiger partial charge in [0.15, 0.2) is 5.84 Å². The minimum Gasteiger partial charge on any atom is -0.343 e. The van der Waals surface area contributed by atoms with E-state index in [1.165, 1.54) is 68.9 Å². The van der Waals surface area contributed by atoms with E-state index >= 15 is 0 Å². The number of nitrogens with zero attached hydrogens (tertiary/aromatic N) is 2. The van der Waals surface area contributed by atoms with Crippen molar-refractivity contribution >= 4 is 5.84 Å². The molecule has 0 saturated heterocycles. The molecule has 1 atom stereocenters. The highest BCUT2D eigenvalue weighted by Gasteiger charge is 2.50. The van der Waals surface area contributed by atoms with Gasteiger partial charge in [0.25, 0.3) is 0 Å². The van der Waals surface area contributed by atoms with E-state index in [1.54, 1.807) is 0 Å². The molecular formula is C18H24N4. The van der Waals surface area contributed by atoms with Crippen LogP contribution in [-0.2, 0) is 12.8 Å². The zero-order chi connectivity index (χ0) is 14.6. The Hall–Kier alpha value is -1.58. The molecule has 1 aromatic rings. The van der Waals surface area contributed by atoms with Gasteiger partial charge < -0.3 is 5.32 Å². The molecule has 6 rings (SSSR count). The Balaban J connectivity index is 1.41. The number of hydrogen-bond donors (Lipinski definition) is 2. The van der Waals surface area contributed by atoms with Crippen molar-refractivity contribution in [3.8, 4) is 0 Å². The number of amidine groups is 1. The number of fused-ring (bicyclic) bond motifs is 3. The molecule has 0 amide bonds. The molecule has 1 aliphatic heterocycles. The Morgan fingerprint density at radius 1 is 1.05 bits per heavy atom. The summed E-state index contributed by atoms with van der Waals surface area (Å²) >= 11 is 0. The van der Waals surface area contributed by atoms with Crippen LogP contribution in [0.15, 0.2) is 17.4 Å². The van der Waals surface area contributed by atoms with Crippen LogP contribution in [0.4, 0.5) is 0 Å². The maximum atomic E-state index is 4.68. The molecule has 116 valence electrons. The largest absolute Gasteiger partial charge is 0.343 e. The fraction of sp³-hybridized carbons (Fsp3) is 0.667. The molecular weight excluding hydrogens is 272 g/mol. The first-order valence-corrected chi connectivity index (χ1v) is 8.94. The average molecular weight is 296 g/mol. The van der Waals surface area contributed by atoms with Crippen molar-refractivity contribution in [2.24, 2.45) is 16.9 Å². The van der Waals surface area contributed by atoms with Crippen LogP contribution in [0.25, 0.3) is 0 Å². The third-order valence-corrected chi connectivity index (χ3v) is 6.33. The van der Waals surface area contributed by atoms with Crippen LogP contribution in [0.5, 0.6) is 0 Å². The third kappa shape index (κ3) is 1.89. The first-order chi connectivity index (χ1) is 10.8. The number of aryl methyl sites for hydroxylation is 2. The van der Waals surface area contributed by atoms with Crippen LogP contribution in [0.3, 0.4) is 0 Å². The first kappa shape index (κ1) is 12.9. The summed E-state index contributed by atoms with van der Waals surface area (Å²) < 4.78 is 0. The van der Waals surface area contributed by atoms with Gasteiger partial charge in [0.05, 0.1) is 0 Å². The number of nitrogens with one attached hydrogen (secondary N) is 2. The minimum absolute atomic E-state index is 0.0219. The Kier molecular flexibility index (Phi) is 2.76. The first-order valence-electron chi connectivity index (χ1n) is 8.94. The number of pyridine rings is 1. The molecule has 4 aliphatic carbocycles. The van der Waals surface area contributed by atoms with E-state index in [0.29, 0.717) is 0 Å². The summed E-state index contributed by atoms with van der Waals surface area (Å²) in [6.45, 7) is 0. The van der Waals surface area contributed by atoms with Crippen molar-refractivity contribution in [2.45, 2.75) is 63.5 Å². The molecule has 2 bridgehead atoms. The standard InChI is InChI=1S/C18H24N4/c1-2-4-14-11-19-16(9-13(14)3-1)17-20-18(22-21-17)10-12-5-7-15(18)8-6-12/h9,11-12,15,22H,1-8,10H2,(H,20,21)/t12?,15?,18-/m1/s1. The fourth-order valence-corrected chi connectivity index (χ4v) is 5.06. The molecule has 1 aromatic heterocycles. The summed E-state index contributed by atoms with van der Waals surface area (Å²) in [7, 11) is 0. The van der Waals surface area contributed by atoms with Gasteiger partial charge in [0, 0.05) is 12.1 Å². The molecule has 1 spiro atoms. The van der Waals surface area contributed by atoms with Crippen molar-refractivity contribution in [1.29, 1.82) is 0 Å². The van der Waals surface area contributed by atoms with Gasteiger partial charge in [-0.15, -0.1) is 0 Å². The van der Waals surface area contributed by atoms with E-state index in [9.17, 15) is 0 Å². The maximum absolute atomic E-state index is 4.68. The Bertz CT molecular complexity index is 630. The lowest BCUT2D eigenvalue weighted by molar-refractivity contribution is 0.0394. The molecule has 0 unspecified atom stereocenters. The van der Waals surface area contributed by atoms with Crippen LogP contribution >= 0.6 is 0 Å². The van der Waals surface area contributed by atoms with Crippen LogP contribution in [-0.4, -0.2) is 16.5 Å². The van der Waals surface area contributed by atoms with Gasteiger partial charge in [-0.3, -0.25) is 10.4 Å². The molecule has 22 heavy (non-hydrogen) atoms. The van der Waals surface area contributed by atoms with Crippen LogP contribution in [0.1, 0.15) is 61.8 Å². The summed E-state index contributed by atoms with van der Waals surface area (Å²) in [6, 6.07) is 2.27. The van der Waals surface area contributed by atoms with E-state index < -0.39 is 0 Å². The molecule has 2 heterocycles. The normalized spacial score (nSPS) is 35.7. The monoisotopic (exact) mass is 296 g/mol. The highest BCUT2D eigenvalue weighted by Crippen LogP contribution is 2.47. The van der Waals surface area contributed by atoms with Gasteiger partial charge in [-0.1, -0.05) is 0 Å². The van der Waals surface area contributed by atoms with E-state index in [0.717, 1.165) is 23.4 Å². The molecule has 3 saturated carbocycles. The van der Waals surface area contributed by atoms with E-state index in [1.807, 2.05) is 0 Å². The lowest BCUT2D eigenvalue weighted by Gasteiger charge is -2.49. The van der Waals surface area contributed by atoms with E-state index in [4.69, 9.17) is 0 Å². The zero-order valence-electron chi connectivity index (χ0n) is 13.1. The van der Waals surface area contributed by atoms with Crippen molar-refractivity contribution in [2.75, 3.05) is 0 Å².